The van der Waals surface area contributed by atoms with Gasteiger partial charge in [-0.2, -0.15) is 0 Å². The van der Waals surface area contributed by atoms with Crippen LogP contribution in [0.1, 0.15) is 74.7 Å². The van der Waals surface area contributed by atoms with Crippen LogP contribution in [0, 0.1) is 17.4 Å². The second kappa shape index (κ2) is 9.00. The van der Waals surface area contributed by atoms with E-state index in [-0.39, 0.29) is 11.4 Å². The van der Waals surface area contributed by atoms with E-state index in [1.807, 2.05) is 13.8 Å². The molecule has 5 heteroatoms. The van der Waals surface area contributed by atoms with Crippen molar-refractivity contribution in [2.24, 2.45) is 16.6 Å². The van der Waals surface area contributed by atoms with Crippen molar-refractivity contribution in [3.8, 4) is 6.57 Å². The molecule has 0 aliphatic heterocycles. The average molecular weight is 354 g/mol. The monoisotopic (exact) mass is 353 g/mol. The van der Waals surface area contributed by atoms with Crippen molar-refractivity contribution < 1.29 is 4.79 Å². The molecule has 0 rings (SSSR count). The Labute approximate surface area is 155 Å². The Bertz CT molecular complexity index is 479. The van der Waals surface area contributed by atoms with Gasteiger partial charge in [0.25, 0.3) is 13.1 Å². The van der Waals surface area contributed by atoms with Gasteiger partial charge in [0.15, 0.2) is 0 Å². The summed E-state index contributed by atoms with van der Waals surface area (Å²) in [5.41, 5.74) is 3.99. The number of rotatable bonds is 12. The molecule has 0 aliphatic rings. The van der Waals surface area contributed by atoms with Gasteiger partial charge in [0.05, 0.1) is 5.41 Å². The molecule has 25 heavy (non-hydrogen) atoms. The molecule has 2 unspecified atom stereocenters. The van der Waals surface area contributed by atoms with Gasteiger partial charge in [-0.15, -0.1) is 0 Å². The van der Waals surface area contributed by atoms with Crippen molar-refractivity contribution in [1.29, 1.82) is 0 Å². The topological polar surface area (TPSA) is 71.5 Å². The highest BCUT2D eigenvalue weighted by atomic mass is 16.1. The Kier molecular flexibility index (Phi) is 8.60. The first-order valence-corrected chi connectivity index (χ1v) is 9.72. The third kappa shape index (κ3) is 3.57. The highest BCUT2D eigenvalue weighted by molar-refractivity contribution is 5.82. The van der Waals surface area contributed by atoms with Crippen molar-refractivity contribution in [2.75, 3.05) is 19.6 Å². The van der Waals surface area contributed by atoms with Crippen molar-refractivity contribution in [3.05, 3.63) is 4.85 Å². The first kappa shape index (κ1) is 23.9. The molecule has 0 saturated heterocycles. The number of carbonyl (C=O) groups is 1. The van der Waals surface area contributed by atoms with E-state index < -0.39 is 16.4 Å². The van der Waals surface area contributed by atoms with Crippen LogP contribution >= 0.6 is 0 Å². The van der Waals surface area contributed by atoms with E-state index in [1.54, 1.807) is 0 Å². The summed E-state index contributed by atoms with van der Waals surface area (Å²) < 4.78 is 0. The van der Waals surface area contributed by atoms with Crippen LogP contribution in [0.5, 0.6) is 0 Å². The van der Waals surface area contributed by atoms with E-state index in [9.17, 15) is 4.79 Å². The van der Waals surface area contributed by atoms with Gasteiger partial charge in [-0.05, 0) is 39.3 Å². The Morgan fingerprint density at radius 2 is 1.44 bits per heavy atom. The van der Waals surface area contributed by atoms with Crippen LogP contribution in [0.2, 0.25) is 0 Å². The van der Waals surface area contributed by atoms with Gasteiger partial charge in [0, 0.05) is 11.0 Å². The Morgan fingerprint density at radius 3 is 1.72 bits per heavy atom. The third-order valence-electron chi connectivity index (χ3n) is 6.97. The van der Waals surface area contributed by atoms with Crippen LogP contribution in [0.3, 0.4) is 0 Å². The minimum absolute atomic E-state index is 0.253. The van der Waals surface area contributed by atoms with Crippen LogP contribution in [0.25, 0.3) is 4.85 Å². The lowest BCUT2D eigenvalue weighted by molar-refractivity contribution is -0.145. The van der Waals surface area contributed by atoms with Gasteiger partial charge in [0.2, 0.25) is 5.91 Å². The molecule has 146 valence electrons. The highest BCUT2D eigenvalue weighted by Gasteiger charge is 2.66. The maximum absolute atomic E-state index is 12.7. The lowest BCUT2D eigenvalue weighted by Crippen LogP contribution is -2.78. The minimum atomic E-state index is -0.661. The standard InChI is InChI=1S/C20H40N4O/c1-10-18(8,23-13-4)20(15-22-9,24-14-5)17(6,7)19(11-2,12-3)16(21)25/h9,23-24H,10-15H2,1-8H3,(H-,21,25)/p+1. The largest absolute Gasteiger partial charge is 0.369 e. The van der Waals surface area contributed by atoms with Crippen LogP contribution in [-0.2, 0) is 4.79 Å². The zero-order chi connectivity index (χ0) is 19.9. The molecule has 0 heterocycles. The zero-order valence-corrected chi connectivity index (χ0v) is 17.8. The quantitative estimate of drug-likeness (QED) is 0.503. The normalized spacial score (nSPS) is 17.4. The van der Waals surface area contributed by atoms with Crippen LogP contribution in [0.4, 0.5) is 0 Å². The number of primary amides is 1. The van der Waals surface area contributed by atoms with Crippen molar-refractivity contribution >= 4 is 5.91 Å². The molecule has 0 aromatic rings. The van der Waals surface area contributed by atoms with Crippen molar-refractivity contribution in [3.63, 3.8) is 0 Å². The van der Waals surface area contributed by atoms with E-state index in [2.05, 4.69) is 57.0 Å². The van der Waals surface area contributed by atoms with Gasteiger partial charge in [-0.25, -0.2) is 0 Å². The first-order valence-electron chi connectivity index (χ1n) is 9.72. The molecule has 0 bridgehead atoms. The predicted octanol–water partition coefficient (Wildman–Crippen LogP) is 3.39. The van der Waals surface area contributed by atoms with Gasteiger partial charge < -0.3 is 16.4 Å². The van der Waals surface area contributed by atoms with Gasteiger partial charge in [-0.1, -0.05) is 53.3 Å². The van der Waals surface area contributed by atoms with Crippen molar-refractivity contribution in [1.82, 2.24) is 10.6 Å². The Morgan fingerprint density at radius 1 is 0.960 bits per heavy atom. The average Bonchev–Trinajstić information content (AvgIpc) is 2.55. The molecule has 0 saturated carbocycles. The Hall–Kier alpha value is -1.12. The number of hydrogen-bond acceptors (Lipinski definition) is 3. The molecular weight excluding hydrogens is 312 g/mol. The summed E-state index contributed by atoms with van der Waals surface area (Å²) in [5, 5.41) is 7.35. The summed E-state index contributed by atoms with van der Waals surface area (Å²) >= 11 is 0. The number of hydrogen-bond donors (Lipinski definition) is 3. The third-order valence-corrected chi connectivity index (χ3v) is 6.97. The number of nitrogens with two attached hydrogens (primary N) is 1. The SMILES string of the molecule is C#[N+]CC(NCC)(C(C)(CC)NCC)C(C)(C)C(CC)(CC)C(N)=O. The smallest absolute Gasteiger partial charge is 0.283 e. The van der Waals surface area contributed by atoms with E-state index in [4.69, 9.17) is 12.3 Å². The summed E-state index contributed by atoms with van der Waals surface area (Å²) in [5.74, 6) is -0.253. The lowest BCUT2D eigenvalue weighted by atomic mass is 9.48. The second-order valence-electron chi connectivity index (χ2n) is 7.77. The summed E-state index contributed by atoms with van der Waals surface area (Å²) in [6.45, 7) is 24.6. The molecule has 0 aromatic carbocycles. The molecule has 2 atom stereocenters. The maximum atomic E-state index is 12.7. The zero-order valence-electron chi connectivity index (χ0n) is 17.8. The molecule has 0 radical (unpaired) electrons. The molecule has 0 aromatic heterocycles. The van der Waals surface area contributed by atoms with Crippen LogP contribution < -0.4 is 16.4 Å². The number of nitrogens with zero attached hydrogens (tertiary/aromatic N) is 1. The predicted molar refractivity (Wildman–Crippen MR) is 108 cm³/mol. The first-order chi connectivity index (χ1) is 11.6. The number of likely N-dealkylation sites (N-methyl/N-ethyl adjacent to an activating group) is 2. The summed E-state index contributed by atoms with van der Waals surface area (Å²) in [6, 6.07) is 0. The fraction of sp³-hybridized carbons (Fsp3) is 0.900. The van der Waals surface area contributed by atoms with Crippen LogP contribution in [0.15, 0.2) is 0 Å². The highest BCUT2D eigenvalue weighted by Crippen LogP contribution is 2.55. The van der Waals surface area contributed by atoms with Crippen molar-refractivity contribution in [2.45, 2.75) is 85.7 Å². The second-order valence-corrected chi connectivity index (χ2v) is 7.77. The number of carbonyl (C=O) groups excluding carboxylic acids is 1. The molecule has 1 amide bonds. The van der Waals surface area contributed by atoms with Crippen LogP contribution in [-0.4, -0.2) is 36.6 Å². The molecule has 0 aliphatic carbocycles. The molecular formula is C20H41N4O+. The van der Waals surface area contributed by atoms with E-state index >= 15 is 0 Å². The fourth-order valence-corrected chi connectivity index (χ4v) is 5.14. The van der Waals surface area contributed by atoms with Gasteiger partial charge in [-0.3, -0.25) is 4.79 Å². The summed E-state index contributed by atoms with van der Waals surface area (Å²) in [4.78, 5) is 16.7. The molecule has 0 spiro atoms. The van der Waals surface area contributed by atoms with E-state index in [1.165, 1.54) is 0 Å². The molecule has 0 fully saturated rings. The fourth-order valence-electron chi connectivity index (χ4n) is 5.14. The maximum Gasteiger partial charge on any atom is 0.283 e. The lowest BCUT2D eigenvalue weighted by Gasteiger charge is -2.60. The number of nitrogens with one attached hydrogen (secondary N) is 2. The van der Waals surface area contributed by atoms with Gasteiger partial charge >= 0.3 is 0 Å². The minimum Gasteiger partial charge on any atom is -0.369 e. The summed E-state index contributed by atoms with van der Waals surface area (Å²) in [7, 11) is 0. The molecule has 4 N–H and O–H groups in total. The number of amides is 1. The molecule has 5 nitrogen and oxygen atoms in total. The van der Waals surface area contributed by atoms with E-state index in [0.717, 1.165) is 19.5 Å². The van der Waals surface area contributed by atoms with E-state index in [0.29, 0.717) is 19.4 Å². The summed E-state index contributed by atoms with van der Waals surface area (Å²) in [6.07, 6.45) is 2.22. The Balaban J connectivity index is 6.86. The van der Waals surface area contributed by atoms with Gasteiger partial charge in [0.1, 0.15) is 5.54 Å².